The predicted molar refractivity (Wildman–Crippen MR) is 61.7 cm³/mol. The molecule has 2 aromatic rings. The number of oxazole rings is 1. The second-order valence-electron chi connectivity index (χ2n) is 3.01. The van der Waals surface area contributed by atoms with Crippen LogP contribution in [0.2, 0.25) is 0 Å². The molecule has 1 heterocycles. The van der Waals surface area contributed by atoms with Crippen molar-refractivity contribution in [1.29, 1.82) is 0 Å². The highest BCUT2D eigenvalue weighted by Gasteiger charge is 2.12. The minimum Gasteiger partial charge on any atom is -0.434 e. The van der Waals surface area contributed by atoms with Crippen LogP contribution in [0.5, 0.6) is 0 Å². The third kappa shape index (κ3) is 2.06. The van der Waals surface area contributed by atoms with Gasteiger partial charge in [-0.05, 0) is 17.7 Å². The maximum atomic E-state index is 11.3. The summed E-state index contributed by atoms with van der Waals surface area (Å²) in [7, 11) is 0. The van der Waals surface area contributed by atoms with Crippen LogP contribution in [0.4, 0.5) is 0 Å². The molecule has 0 aliphatic rings. The third-order valence-corrected chi connectivity index (χ3v) is 2.78. The summed E-state index contributed by atoms with van der Waals surface area (Å²) in [5.41, 5.74) is 2.21. The number of alkyl halides is 2. The molecule has 5 heteroatoms. The van der Waals surface area contributed by atoms with E-state index < -0.39 is 0 Å². The molecule has 0 fully saturated rings. The van der Waals surface area contributed by atoms with Crippen LogP contribution in [0.15, 0.2) is 22.6 Å². The van der Waals surface area contributed by atoms with Gasteiger partial charge in [0.1, 0.15) is 5.52 Å². The summed E-state index contributed by atoms with van der Waals surface area (Å²) in [6.45, 7) is 0. The van der Waals surface area contributed by atoms with Crippen LogP contribution in [-0.4, -0.2) is 16.1 Å². The molecule has 0 bridgehead atoms. The highest BCUT2D eigenvalue weighted by Crippen LogP contribution is 2.18. The Morgan fingerprint density at radius 1 is 1.53 bits per heavy atom. The lowest BCUT2D eigenvalue weighted by molar-refractivity contribution is 0.0989. The number of rotatable bonds is 3. The molecule has 0 N–H and O–H groups in total. The van der Waals surface area contributed by atoms with Gasteiger partial charge in [0.2, 0.25) is 5.78 Å². The minimum absolute atomic E-state index is 0.133. The molecule has 2 rings (SSSR count). The van der Waals surface area contributed by atoms with Crippen molar-refractivity contribution >= 4 is 44.4 Å². The van der Waals surface area contributed by atoms with Crippen molar-refractivity contribution < 1.29 is 9.21 Å². The smallest absolute Gasteiger partial charge is 0.265 e. The summed E-state index contributed by atoms with van der Waals surface area (Å²) in [6.07, 6.45) is 0. The van der Waals surface area contributed by atoms with Crippen molar-refractivity contribution in [3.63, 3.8) is 0 Å². The molecule has 0 amide bonds. The Bertz CT molecular complexity index is 509. The fourth-order valence-corrected chi connectivity index (χ4v) is 1.63. The van der Waals surface area contributed by atoms with Crippen LogP contribution >= 0.6 is 27.5 Å². The zero-order valence-electron chi connectivity index (χ0n) is 7.67. The number of fused-ring (bicyclic) bond motifs is 1. The maximum absolute atomic E-state index is 11.3. The number of Topliss-reactive ketones (excluding diaryl/α,β-unsaturated/α-hetero) is 1. The number of hydrogen-bond donors (Lipinski definition) is 0. The zero-order chi connectivity index (χ0) is 10.8. The Morgan fingerprint density at radius 3 is 3.00 bits per heavy atom. The number of nitrogens with zero attached hydrogens (tertiary/aromatic N) is 1. The molecule has 0 saturated heterocycles. The second kappa shape index (κ2) is 4.33. The van der Waals surface area contributed by atoms with Crippen LogP contribution in [0.25, 0.3) is 11.1 Å². The first-order valence-electron chi connectivity index (χ1n) is 4.29. The van der Waals surface area contributed by atoms with Crippen LogP contribution in [-0.2, 0) is 5.88 Å². The second-order valence-corrected chi connectivity index (χ2v) is 3.84. The van der Waals surface area contributed by atoms with Crippen LogP contribution in [0.3, 0.4) is 0 Å². The fraction of sp³-hybridized carbons (Fsp3) is 0.200. The highest BCUT2D eigenvalue weighted by atomic mass is 79.9. The van der Waals surface area contributed by atoms with Gasteiger partial charge in [0, 0.05) is 5.88 Å². The van der Waals surface area contributed by atoms with Crippen molar-refractivity contribution in [2.75, 3.05) is 5.33 Å². The highest BCUT2D eigenvalue weighted by molar-refractivity contribution is 9.09. The first kappa shape index (κ1) is 10.6. The molecule has 0 aliphatic heterocycles. The van der Waals surface area contributed by atoms with Gasteiger partial charge < -0.3 is 4.42 Å². The number of hydrogen-bond acceptors (Lipinski definition) is 3. The van der Waals surface area contributed by atoms with Gasteiger partial charge in [-0.1, -0.05) is 22.0 Å². The summed E-state index contributed by atoms with van der Waals surface area (Å²) in [4.78, 5) is 15.4. The first-order valence-corrected chi connectivity index (χ1v) is 5.95. The Kier molecular flexibility index (Phi) is 3.07. The van der Waals surface area contributed by atoms with E-state index in [9.17, 15) is 4.79 Å². The van der Waals surface area contributed by atoms with Gasteiger partial charge >= 0.3 is 0 Å². The van der Waals surface area contributed by atoms with E-state index in [4.69, 9.17) is 16.0 Å². The van der Waals surface area contributed by atoms with Crippen molar-refractivity contribution in [3.05, 3.63) is 29.7 Å². The summed E-state index contributed by atoms with van der Waals surface area (Å²) < 4.78 is 5.31. The molecule has 0 saturated carbocycles. The minimum atomic E-state index is -0.168. The van der Waals surface area contributed by atoms with Crippen molar-refractivity contribution in [1.82, 2.24) is 4.98 Å². The van der Waals surface area contributed by atoms with Crippen molar-refractivity contribution in [2.24, 2.45) is 0 Å². The van der Waals surface area contributed by atoms with Gasteiger partial charge in [0.05, 0.1) is 5.33 Å². The normalized spacial score (nSPS) is 10.8. The van der Waals surface area contributed by atoms with Crippen molar-refractivity contribution in [3.8, 4) is 0 Å². The zero-order valence-corrected chi connectivity index (χ0v) is 10.0. The molecule has 78 valence electrons. The molecule has 0 radical (unpaired) electrons. The van der Waals surface area contributed by atoms with E-state index in [1.807, 2.05) is 6.07 Å². The summed E-state index contributed by atoms with van der Waals surface area (Å²) in [5, 5.41) is 0.211. The Balaban J connectivity index is 2.51. The van der Waals surface area contributed by atoms with Crippen LogP contribution < -0.4 is 0 Å². The number of aromatic nitrogens is 1. The Labute approximate surface area is 99.6 Å². The van der Waals surface area contributed by atoms with E-state index >= 15 is 0 Å². The lowest BCUT2D eigenvalue weighted by Gasteiger charge is -1.91. The monoisotopic (exact) mass is 287 g/mol. The Hall–Kier alpha value is -0.870. The largest absolute Gasteiger partial charge is 0.434 e. The average molecular weight is 289 g/mol. The molecule has 0 atom stereocenters. The van der Waals surface area contributed by atoms with Gasteiger partial charge in [0.25, 0.3) is 5.89 Å². The van der Waals surface area contributed by atoms with E-state index in [0.29, 0.717) is 17.0 Å². The summed E-state index contributed by atoms with van der Waals surface area (Å²) in [6, 6.07) is 5.45. The van der Waals surface area contributed by atoms with Gasteiger partial charge in [-0.2, -0.15) is 0 Å². The predicted octanol–water partition coefficient (Wildman–Crippen LogP) is 3.14. The molecule has 0 unspecified atom stereocenters. The van der Waals surface area contributed by atoms with E-state index in [1.54, 1.807) is 12.1 Å². The van der Waals surface area contributed by atoms with Crippen LogP contribution in [0.1, 0.15) is 16.2 Å². The number of halogens is 2. The molecule has 1 aromatic carbocycles. The van der Waals surface area contributed by atoms with E-state index in [-0.39, 0.29) is 17.0 Å². The molecule has 0 spiro atoms. The average Bonchev–Trinajstić information content (AvgIpc) is 2.70. The first-order chi connectivity index (χ1) is 7.24. The summed E-state index contributed by atoms with van der Waals surface area (Å²) in [5.74, 6) is 0.380. The molecule has 1 aromatic heterocycles. The Morgan fingerprint density at radius 2 is 2.33 bits per heavy atom. The van der Waals surface area contributed by atoms with Gasteiger partial charge in [-0.3, -0.25) is 4.79 Å². The fourth-order valence-electron chi connectivity index (χ4n) is 1.23. The third-order valence-electron chi connectivity index (χ3n) is 1.97. The number of carbonyl (C=O) groups excluding carboxylic acids is 1. The quantitative estimate of drug-likeness (QED) is 0.644. The van der Waals surface area contributed by atoms with E-state index in [1.165, 1.54) is 0 Å². The summed E-state index contributed by atoms with van der Waals surface area (Å²) >= 11 is 8.75. The van der Waals surface area contributed by atoms with E-state index in [0.717, 1.165) is 5.56 Å². The lowest BCUT2D eigenvalue weighted by Crippen LogP contribution is -1.99. The van der Waals surface area contributed by atoms with Gasteiger partial charge in [-0.25, -0.2) is 4.98 Å². The van der Waals surface area contributed by atoms with Crippen molar-refractivity contribution in [2.45, 2.75) is 5.88 Å². The SMILES string of the molecule is O=C(CBr)c1nc2ccc(CCl)cc2o1. The van der Waals surface area contributed by atoms with Crippen LogP contribution in [0, 0.1) is 0 Å². The standard InChI is InChI=1S/C10H7BrClNO2/c11-4-8(14)10-13-7-2-1-6(5-12)3-9(7)15-10/h1-3H,4-5H2. The van der Waals surface area contributed by atoms with Gasteiger partial charge in [0.15, 0.2) is 5.58 Å². The molecular formula is C10H7BrClNO2. The topological polar surface area (TPSA) is 43.1 Å². The van der Waals surface area contributed by atoms with Gasteiger partial charge in [-0.15, -0.1) is 11.6 Å². The van der Waals surface area contributed by atoms with E-state index in [2.05, 4.69) is 20.9 Å². The maximum Gasteiger partial charge on any atom is 0.265 e. The number of carbonyl (C=O) groups is 1. The molecular weight excluding hydrogens is 281 g/mol. The molecule has 15 heavy (non-hydrogen) atoms. The number of benzene rings is 1. The lowest BCUT2D eigenvalue weighted by atomic mass is 10.2. The number of ketones is 1. The molecule has 0 aliphatic carbocycles. The molecule has 3 nitrogen and oxygen atoms in total.